The van der Waals surface area contributed by atoms with Crippen molar-refractivity contribution in [3.8, 4) is 0 Å². The molecular formula is C14H15ClN2O2. The lowest BCUT2D eigenvalue weighted by Gasteiger charge is -2.19. The minimum atomic E-state index is -0.863. The number of nitrogens with zero attached hydrogens (tertiary/aromatic N) is 1. The first-order valence-electron chi connectivity index (χ1n) is 6.24. The topological polar surface area (TPSA) is 50.7 Å². The van der Waals surface area contributed by atoms with Crippen LogP contribution in [0.15, 0.2) is 29.4 Å². The molecule has 1 spiro atoms. The molecule has 5 heteroatoms. The third kappa shape index (κ3) is 2.00. The normalized spacial score (nSPS) is 28.2. The number of rotatable bonds is 1. The highest BCUT2D eigenvalue weighted by Crippen LogP contribution is 2.39. The fourth-order valence-corrected chi connectivity index (χ4v) is 3.04. The Morgan fingerprint density at radius 2 is 2.11 bits per heavy atom. The van der Waals surface area contributed by atoms with E-state index in [0.717, 1.165) is 11.3 Å². The fraction of sp³-hybridized carbons (Fsp3) is 0.429. The van der Waals surface area contributed by atoms with Gasteiger partial charge in [-0.2, -0.15) is 0 Å². The lowest BCUT2D eigenvalue weighted by molar-refractivity contribution is -0.138. The molecule has 100 valence electrons. The van der Waals surface area contributed by atoms with Crippen molar-refractivity contribution in [2.45, 2.75) is 37.8 Å². The third-order valence-electron chi connectivity index (χ3n) is 3.56. The van der Waals surface area contributed by atoms with Crippen molar-refractivity contribution in [1.82, 2.24) is 5.32 Å². The first-order valence-corrected chi connectivity index (χ1v) is 6.62. The Morgan fingerprint density at radius 1 is 1.37 bits per heavy atom. The highest BCUT2D eigenvalue weighted by Gasteiger charge is 2.56. The average molecular weight is 279 g/mol. The summed E-state index contributed by atoms with van der Waals surface area (Å²) in [6, 6.07) is 7.46. The third-order valence-corrected chi connectivity index (χ3v) is 3.89. The summed E-state index contributed by atoms with van der Waals surface area (Å²) in [5, 5.41) is 7.66. The molecule has 1 aromatic carbocycles. The van der Waals surface area contributed by atoms with E-state index in [1.54, 1.807) is 0 Å². The summed E-state index contributed by atoms with van der Waals surface area (Å²) in [5.74, 6) is -0.0942. The molecule has 1 atom stereocenters. The van der Waals surface area contributed by atoms with E-state index >= 15 is 0 Å². The van der Waals surface area contributed by atoms with E-state index in [0.29, 0.717) is 17.9 Å². The van der Waals surface area contributed by atoms with Crippen molar-refractivity contribution in [1.29, 1.82) is 0 Å². The molecule has 19 heavy (non-hydrogen) atoms. The Labute approximate surface area is 116 Å². The molecule has 1 unspecified atom stereocenters. The first kappa shape index (κ1) is 12.5. The highest BCUT2D eigenvalue weighted by atomic mass is 35.5. The first-order chi connectivity index (χ1) is 8.92. The van der Waals surface area contributed by atoms with E-state index in [1.165, 1.54) is 0 Å². The molecule has 0 saturated carbocycles. The average Bonchev–Trinajstić information content (AvgIpc) is 2.82. The molecule has 1 fully saturated rings. The maximum Gasteiger partial charge on any atom is 0.267 e. The van der Waals surface area contributed by atoms with Crippen molar-refractivity contribution in [2.75, 3.05) is 0 Å². The van der Waals surface area contributed by atoms with Crippen molar-refractivity contribution in [3.05, 3.63) is 34.9 Å². The number of carbonyl (C=O) groups excluding carboxylic acids is 1. The van der Waals surface area contributed by atoms with Gasteiger partial charge in [-0.25, -0.2) is 0 Å². The van der Waals surface area contributed by atoms with Crippen molar-refractivity contribution in [3.63, 3.8) is 0 Å². The molecule has 0 aliphatic carbocycles. The Balaban J connectivity index is 1.88. The lowest BCUT2D eigenvalue weighted by atomic mass is 9.87. The summed E-state index contributed by atoms with van der Waals surface area (Å²) in [5.41, 5.74) is 0.442. The number of hydrogen-bond acceptors (Lipinski definition) is 3. The van der Waals surface area contributed by atoms with Crippen LogP contribution in [0.1, 0.15) is 32.3 Å². The molecule has 0 aromatic heterocycles. The standard InChI is InChI=1S/C14H15ClN2O2/c1-13(2)8-14(12(18)16-13)7-11(17-19-14)9-5-3-4-6-10(9)15/h3-6H,7-8H2,1-2H3,(H,16,18). The molecule has 0 radical (unpaired) electrons. The summed E-state index contributed by atoms with van der Waals surface area (Å²) in [7, 11) is 0. The van der Waals surface area contributed by atoms with Crippen LogP contribution < -0.4 is 5.32 Å². The van der Waals surface area contributed by atoms with Gasteiger partial charge in [0, 0.05) is 29.0 Å². The Bertz CT molecular complexity index is 583. The minimum Gasteiger partial charge on any atom is -0.378 e. The van der Waals surface area contributed by atoms with Crippen LogP contribution in [0.5, 0.6) is 0 Å². The van der Waals surface area contributed by atoms with Crippen LogP contribution in [-0.4, -0.2) is 22.8 Å². The zero-order valence-electron chi connectivity index (χ0n) is 10.9. The van der Waals surface area contributed by atoms with E-state index in [4.69, 9.17) is 16.4 Å². The summed E-state index contributed by atoms with van der Waals surface area (Å²) < 4.78 is 0. The Morgan fingerprint density at radius 3 is 2.74 bits per heavy atom. The Kier molecular flexibility index (Phi) is 2.61. The molecule has 2 aliphatic heterocycles. The minimum absolute atomic E-state index is 0.0942. The number of hydrogen-bond donors (Lipinski definition) is 1. The van der Waals surface area contributed by atoms with Gasteiger partial charge < -0.3 is 10.2 Å². The molecule has 1 aromatic rings. The molecule has 3 rings (SSSR count). The second-order valence-corrected chi connectivity index (χ2v) is 6.20. The lowest BCUT2D eigenvalue weighted by Crippen LogP contribution is -2.39. The van der Waals surface area contributed by atoms with Gasteiger partial charge in [0.15, 0.2) is 0 Å². The summed E-state index contributed by atoms with van der Waals surface area (Å²) in [6.45, 7) is 3.97. The maximum absolute atomic E-state index is 12.1. The molecular weight excluding hydrogens is 264 g/mol. The largest absolute Gasteiger partial charge is 0.378 e. The van der Waals surface area contributed by atoms with Gasteiger partial charge in [-0.05, 0) is 19.9 Å². The van der Waals surface area contributed by atoms with Crippen LogP contribution in [0.25, 0.3) is 0 Å². The van der Waals surface area contributed by atoms with Gasteiger partial charge >= 0.3 is 0 Å². The molecule has 1 saturated heterocycles. The quantitative estimate of drug-likeness (QED) is 0.858. The molecule has 2 heterocycles. The molecule has 4 nitrogen and oxygen atoms in total. The maximum atomic E-state index is 12.1. The van der Waals surface area contributed by atoms with E-state index in [-0.39, 0.29) is 11.4 Å². The Hall–Kier alpha value is -1.55. The SMILES string of the molecule is CC1(C)CC2(CC(c3ccccc3Cl)=NO2)C(=O)N1. The van der Waals surface area contributed by atoms with Gasteiger partial charge in [0.05, 0.1) is 5.71 Å². The predicted molar refractivity (Wildman–Crippen MR) is 73.3 cm³/mol. The van der Waals surface area contributed by atoms with Crippen molar-refractivity contribution < 1.29 is 9.63 Å². The number of amides is 1. The van der Waals surface area contributed by atoms with E-state index < -0.39 is 5.60 Å². The van der Waals surface area contributed by atoms with Crippen LogP contribution in [0.3, 0.4) is 0 Å². The molecule has 1 N–H and O–H groups in total. The second-order valence-electron chi connectivity index (χ2n) is 5.79. The zero-order chi connectivity index (χ0) is 13.7. The van der Waals surface area contributed by atoms with E-state index in [9.17, 15) is 4.79 Å². The van der Waals surface area contributed by atoms with Crippen LogP contribution >= 0.6 is 11.6 Å². The number of carbonyl (C=O) groups is 1. The molecule has 0 bridgehead atoms. The van der Waals surface area contributed by atoms with E-state index in [1.807, 2.05) is 38.1 Å². The fourth-order valence-electron chi connectivity index (χ4n) is 2.79. The van der Waals surface area contributed by atoms with Gasteiger partial charge in [-0.1, -0.05) is 35.0 Å². The summed E-state index contributed by atoms with van der Waals surface area (Å²) >= 11 is 6.15. The van der Waals surface area contributed by atoms with E-state index in [2.05, 4.69) is 10.5 Å². The van der Waals surface area contributed by atoms with Gasteiger partial charge in [0.25, 0.3) is 5.91 Å². The van der Waals surface area contributed by atoms with Gasteiger partial charge in [0.2, 0.25) is 5.60 Å². The van der Waals surface area contributed by atoms with Crippen LogP contribution in [-0.2, 0) is 9.63 Å². The van der Waals surface area contributed by atoms with Crippen LogP contribution in [0.2, 0.25) is 5.02 Å². The van der Waals surface area contributed by atoms with Crippen molar-refractivity contribution in [2.24, 2.45) is 5.16 Å². The zero-order valence-corrected chi connectivity index (χ0v) is 11.6. The predicted octanol–water partition coefficient (Wildman–Crippen LogP) is 2.50. The highest BCUT2D eigenvalue weighted by molar-refractivity contribution is 6.34. The van der Waals surface area contributed by atoms with Crippen LogP contribution in [0, 0.1) is 0 Å². The number of benzene rings is 1. The van der Waals surface area contributed by atoms with Gasteiger partial charge in [-0.3, -0.25) is 4.79 Å². The monoisotopic (exact) mass is 278 g/mol. The summed E-state index contributed by atoms with van der Waals surface area (Å²) in [6.07, 6.45) is 1.07. The molecule has 1 amide bonds. The van der Waals surface area contributed by atoms with Gasteiger partial charge in [0.1, 0.15) is 0 Å². The summed E-state index contributed by atoms with van der Waals surface area (Å²) in [4.78, 5) is 17.6. The number of nitrogens with one attached hydrogen (secondary N) is 1. The number of oxime groups is 1. The van der Waals surface area contributed by atoms with Gasteiger partial charge in [-0.15, -0.1) is 0 Å². The second kappa shape index (κ2) is 3.97. The van der Waals surface area contributed by atoms with Crippen molar-refractivity contribution >= 4 is 23.2 Å². The molecule has 2 aliphatic rings. The van der Waals surface area contributed by atoms with Crippen LogP contribution in [0.4, 0.5) is 0 Å². The smallest absolute Gasteiger partial charge is 0.267 e. The number of halogens is 1.